The minimum atomic E-state index is 0.272. The van der Waals surface area contributed by atoms with Crippen LogP contribution in [0.5, 0.6) is 0 Å². The quantitative estimate of drug-likeness (QED) is 0.874. The number of aliphatic imine (C=N–C) groups is 1. The van der Waals surface area contributed by atoms with Gasteiger partial charge in [-0.1, -0.05) is 42.4 Å². The van der Waals surface area contributed by atoms with Crippen molar-refractivity contribution in [1.29, 1.82) is 0 Å². The largest absolute Gasteiger partial charge is 0.358 e. The second kappa shape index (κ2) is 5.11. The molecule has 1 aromatic carbocycles. The first-order valence-electron chi connectivity index (χ1n) is 5.38. The third-order valence-electron chi connectivity index (χ3n) is 2.51. The van der Waals surface area contributed by atoms with E-state index in [2.05, 4.69) is 24.2 Å². The van der Waals surface area contributed by atoms with Crippen LogP contribution in [-0.2, 0) is 0 Å². The summed E-state index contributed by atoms with van der Waals surface area (Å²) in [5.41, 5.74) is 1.23. The van der Waals surface area contributed by atoms with Crippen LogP contribution >= 0.6 is 23.4 Å². The molecule has 2 atom stereocenters. The van der Waals surface area contributed by atoms with Gasteiger partial charge in [0.15, 0.2) is 5.17 Å². The van der Waals surface area contributed by atoms with Crippen LogP contribution in [-0.4, -0.2) is 17.0 Å². The highest BCUT2D eigenvalue weighted by molar-refractivity contribution is 8.14. The van der Waals surface area contributed by atoms with Gasteiger partial charge < -0.3 is 5.32 Å². The minimum absolute atomic E-state index is 0.272. The summed E-state index contributed by atoms with van der Waals surface area (Å²) in [5, 5.41) is 5.84. The van der Waals surface area contributed by atoms with Gasteiger partial charge in [-0.15, -0.1) is 0 Å². The van der Waals surface area contributed by atoms with Gasteiger partial charge in [-0.2, -0.15) is 0 Å². The maximum absolute atomic E-state index is 5.86. The molecule has 0 saturated carbocycles. The summed E-state index contributed by atoms with van der Waals surface area (Å²) >= 11 is 7.66. The zero-order chi connectivity index (χ0) is 11.5. The first-order chi connectivity index (χ1) is 7.65. The van der Waals surface area contributed by atoms with E-state index in [1.54, 1.807) is 11.8 Å². The van der Waals surface area contributed by atoms with Crippen molar-refractivity contribution in [2.24, 2.45) is 4.99 Å². The summed E-state index contributed by atoms with van der Waals surface area (Å²) in [6.45, 7) is 5.24. The lowest BCUT2D eigenvalue weighted by molar-refractivity contribution is 0.723. The predicted molar refractivity (Wildman–Crippen MR) is 72.4 cm³/mol. The van der Waals surface area contributed by atoms with E-state index in [9.17, 15) is 0 Å². The van der Waals surface area contributed by atoms with Crippen molar-refractivity contribution >= 4 is 28.5 Å². The summed E-state index contributed by atoms with van der Waals surface area (Å²) < 4.78 is 0. The molecule has 0 spiro atoms. The lowest BCUT2D eigenvalue weighted by Gasteiger charge is -2.15. The van der Waals surface area contributed by atoms with E-state index in [1.807, 2.05) is 24.3 Å². The number of nitrogens with zero attached hydrogens (tertiary/aromatic N) is 1. The lowest BCUT2D eigenvalue weighted by Crippen LogP contribution is -2.23. The van der Waals surface area contributed by atoms with Crippen molar-refractivity contribution in [1.82, 2.24) is 5.32 Å². The number of nitrogens with one attached hydrogen (secondary N) is 1. The standard InChI is InChI=1S/C12H15ClN2S/c1-8-7-14-12(16-8)15-9(2)10-3-5-11(13)6-4-10/h3-6,8-9H,7H2,1-2H3,(H,14,15). The highest BCUT2D eigenvalue weighted by Crippen LogP contribution is 2.22. The molecule has 0 saturated heterocycles. The van der Waals surface area contributed by atoms with E-state index in [4.69, 9.17) is 11.6 Å². The molecule has 2 unspecified atom stereocenters. The van der Waals surface area contributed by atoms with Crippen LogP contribution in [0, 0.1) is 0 Å². The fourth-order valence-electron chi connectivity index (χ4n) is 1.58. The topological polar surface area (TPSA) is 24.4 Å². The molecule has 2 nitrogen and oxygen atoms in total. The van der Waals surface area contributed by atoms with Crippen molar-refractivity contribution in [3.05, 3.63) is 34.9 Å². The van der Waals surface area contributed by atoms with Gasteiger partial charge in [0, 0.05) is 10.3 Å². The molecular formula is C12H15ClN2S. The number of amidine groups is 1. The minimum Gasteiger partial charge on any atom is -0.358 e. The smallest absolute Gasteiger partial charge is 0.157 e. The lowest BCUT2D eigenvalue weighted by atomic mass is 10.1. The molecule has 0 aromatic heterocycles. The molecule has 1 heterocycles. The van der Waals surface area contributed by atoms with Crippen LogP contribution in [0.25, 0.3) is 0 Å². The third-order valence-corrected chi connectivity index (χ3v) is 3.79. The SMILES string of the molecule is CC1CN=C(NC(C)c2ccc(Cl)cc2)S1. The van der Waals surface area contributed by atoms with E-state index in [1.165, 1.54) is 5.56 Å². The van der Waals surface area contributed by atoms with E-state index in [0.29, 0.717) is 5.25 Å². The van der Waals surface area contributed by atoms with Crippen molar-refractivity contribution in [2.75, 3.05) is 6.54 Å². The van der Waals surface area contributed by atoms with Gasteiger partial charge in [0.25, 0.3) is 0 Å². The first kappa shape index (κ1) is 11.8. The average Bonchev–Trinajstić information content (AvgIpc) is 2.65. The Morgan fingerprint density at radius 2 is 2.12 bits per heavy atom. The second-order valence-corrected chi connectivity index (χ2v) is 5.86. The Balaban J connectivity index is 1.98. The number of halogens is 1. The number of hydrogen-bond donors (Lipinski definition) is 1. The van der Waals surface area contributed by atoms with Gasteiger partial charge in [0.05, 0.1) is 12.6 Å². The molecule has 1 N–H and O–H groups in total. The van der Waals surface area contributed by atoms with Crippen molar-refractivity contribution < 1.29 is 0 Å². The molecule has 0 amide bonds. The number of benzene rings is 1. The Hall–Kier alpha value is -0.670. The van der Waals surface area contributed by atoms with Gasteiger partial charge in [-0.25, -0.2) is 0 Å². The average molecular weight is 255 g/mol. The molecule has 0 radical (unpaired) electrons. The zero-order valence-electron chi connectivity index (χ0n) is 9.40. The Morgan fingerprint density at radius 1 is 1.44 bits per heavy atom. The van der Waals surface area contributed by atoms with E-state index in [0.717, 1.165) is 16.7 Å². The summed E-state index contributed by atoms with van der Waals surface area (Å²) in [4.78, 5) is 4.44. The highest BCUT2D eigenvalue weighted by Gasteiger charge is 2.16. The van der Waals surface area contributed by atoms with Gasteiger partial charge in [-0.05, 0) is 24.6 Å². The molecule has 1 aliphatic rings. The molecule has 4 heteroatoms. The molecule has 2 rings (SSSR count). The van der Waals surface area contributed by atoms with E-state index >= 15 is 0 Å². The van der Waals surface area contributed by atoms with Crippen LogP contribution < -0.4 is 5.32 Å². The first-order valence-corrected chi connectivity index (χ1v) is 6.64. The van der Waals surface area contributed by atoms with Gasteiger partial charge >= 0.3 is 0 Å². The Labute approximate surface area is 105 Å². The maximum Gasteiger partial charge on any atom is 0.157 e. The molecule has 1 aliphatic heterocycles. The predicted octanol–water partition coefficient (Wildman–Crippen LogP) is 3.48. The molecule has 16 heavy (non-hydrogen) atoms. The van der Waals surface area contributed by atoms with Gasteiger partial charge in [-0.3, -0.25) is 4.99 Å². The molecule has 1 aromatic rings. The van der Waals surface area contributed by atoms with E-state index in [-0.39, 0.29) is 6.04 Å². The summed E-state index contributed by atoms with van der Waals surface area (Å²) in [7, 11) is 0. The van der Waals surface area contributed by atoms with Crippen LogP contribution in [0.4, 0.5) is 0 Å². The Kier molecular flexibility index (Phi) is 3.77. The van der Waals surface area contributed by atoms with E-state index < -0.39 is 0 Å². The fourth-order valence-corrected chi connectivity index (χ4v) is 2.63. The Bertz CT molecular complexity index is 389. The van der Waals surface area contributed by atoms with Crippen LogP contribution in [0.3, 0.4) is 0 Å². The second-order valence-electron chi connectivity index (χ2n) is 3.99. The van der Waals surface area contributed by atoms with Crippen molar-refractivity contribution in [3.63, 3.8) is 0 Å². The molecular weight excluding hydrogens is 240 g/mol. The van der Waals surface area contributed by atoms with Gasteiger partial charge in [0.1, 0.15) is 0 Å². The number of thioether (sulfide) groups is 1. The molecule has 0 bridgehead atoms. The van der Waals surface area contributed by atoms with Crippen molar-refractivity contribution in [3.8, 4) is 0 Å². The van der Waals surface area contributed by atoms with Crippen LogP contribution in [0.15, 0.2) is 29.3 Å². The zero-order valence-corrected chi connectivity index (χ0v) is 11.0. The Morgan fingerprint density at radius 3 is 2.69 bits per heavy atom. The fraction of sp³-hybridized carbons (Fsp3) is 0.417. The summed E-state index contributed by atoms with van der Waals surface area (Å²) in [6.07, 6.45) is 0. The molecule has 86 valence electrons. The van der Waals surface area contributed by atoms with Crippen molar-refractivity contribution in [2.45, 2.75) is 25.1 Å². The number of rotatable bonds is 2. The third kappa shape index (κ3) is 2.92. The number of hydrogen-bond acceptors (Lipinski definition) is 3. The molecule has 0 aliphatic carbocycles. The van der Waals surface area contributed by atoms with Crippen LogP contribution in [0.2, 0.25) is 5.02 Å². The monoisotopic (exact) mass is 254 g/mol. The van der Waals surface area contributed by atoms with Crippen LogP contribution in [0.1, 0.15) is 25.5 Å². The summed E-state index contributed by atoms with van der Waals surface area (Å²) in [6, 6.07) is 8.20. The normalized spacial score (nSPS) is 21.7. The van der Waals surface area contributed by atoms with Gasteiger partial charge in [0.2, 0.25) is 0 Å². The highest BCUT2D eigenvalue weighted by atomic mass is 35.5. The summed E-state index contributed by atoms with van der Waals surface area (Å²) in [5.74, 6) is 0. The molecule has 0 fully saturated rings. The maximum atomic E-state index is 5.86.